The van der Waals surface area contributed by atoms with Gasteiger partial charge in [-0.2, -0.15) is 0 Å². The van der Waals surface area contributed by atoms with E-state index in [0.717, 1.165) is 0 Å². The number of hydrogen-bond acceptors (Lipinski definition) is 1. The Hall–Kier alpha value is 2.32. The van der Waals surface area contributed by atoms with Crippen LogP contribution in [0.1, 0.15) is 0 Å². The number of halogens is 3. The Balaban J connectivity index is -0.000000000833. The summed E-state index contributed by atoms with van der Waals surface area (Å²) >= 11 is 0. The standard InChI is InChI=1S/CH5N.3BrH.Pb.2H/c1-2;;;;;;/h2H2,1H3;3*1H;;;. The molecule has 0 saturated carbocycles. The van der Waals surface area contributed by atoms with Gasteiger partial charge in [-0.1, -0.05) is 0 Å². The molecule has 0 aliphatic heterocycles. The van der Waals surface area contributed by atoms with Crippen LogP contribution in [0.25, 0.3) is 0 Å². The van der Waals surface area contributed by atoms with Gasteiger partial charge in [-0.15, -0.1) is 50.9 Å². The van der Waals surface area contributed by atoms with Crippen LogP contribution >= 0.6 is 50.9 Å². The molecule has 0 atom stereocenters. The second-order valence-electron chi connectivity index (χ2n) is 0. The summed E-state index contributed by atoms with van der Waals surface area (Å²) in [6.07, 6.45) is 0. The van der Waals surface area contributed by atoms with Gasteiger partial charge in [0.1, 0.15) is 0 Å². The Bertz CT molecular complexity index is 10.8. The molecule has 0 aliphatic rings. The second kappa shape index (κ2) is 54.3. The van der Waals surface area contributed by atoms with E-state index in [2.05, 4.69) is 5.73 Å². The van der Waals surface area contributed by atoms with Gasteiger partial charge in [0.15, 0.2) is 0 Å². The molecule has 0 bridgehead atoms. The summed E-state index contributed by atoms with van der Waals surface area (Å²) in [7, 11) is 1.50. The minimum absolute atomic E-state index is 0. The molecule has 0 unspecified atom stereocenters. The average molecular weight is 483 g/mol. The molecular formula is CH10Br3NPb. The first-order valence-corrected chi connectivity index (χ1v) is 0.577. The van der Waals surface area contributed by atoms with Crippen molar-refractivity contribution in [2.75, 3.05) is 7.05 Å². The van der Waals surface area contributed by atoms with Gasteiger partial charge < -0.3 is 5.73 Å². The van der Waals surface area contributed by atoms with Crippen LogP contribution in [0.5, 0.6) is 0 Å². The maximum absolute atomic E-state index is 4.50. The molecule has 0 rings (SSSR count). The van der Waals surface area contributed by atoms with E-state index >= 15 is 0 Å². The summed E-state index contributed by atoms with van der Waals surface area (Å²) in [5.41, 5.74) is 4.50. The molecule has 0 aliphatic carbocycles. The van der Waals surface area contributed by atoms with E-state index in [4.69, 9.17) is 0 Å². The third-order valence-corrected chi connectivity index (χ3v) is 0. The fraction of sp³-hybridized carbons (Fsp3) is 1.00. The van der Waals surface area contributed by atoms with Gasteiger partial charge in [-0.3, -0.25) is 0 Å². The van der Waals surface area contributed by atoms with Gasteiger partial charge in [0.05, 0.1) is 0 Å². The normalized spacial score (nSPS) is 1.00. The minimum atomic E-state index is 0. The Morgan fingerprint density at radius 2 is 0.833 bits per heavy atom. The molecule has 1 nitrogen and oxygen atoms in total. The molecule has 2 radical (unpaired) electrons. The summed E-state index contributed by atoms with van der Waals surface area (Å²) in [5, 5.41) is 0. The van der Waals surface area contributed by atoms with E-state index in [1.54, 1.807) is 0 Å². The molecule has 0 fully saturated rings. The van der Waals surface area contributed by atoms with Crippen molar-refractivity contribution in [3.05, 3.63) is 0 Å². The zero-order chi connectivity index (χ0) is 2.00. The van der Waals surface area contributed by atoms with Crippen LogP contribution < -0.4 is 5.73 Å². The Morgan fingerprint density at radius 1 is 0.833 bits per heavy atom. The van der Waals surface area contributed by atoms with Crippen LogP contribution in [0.4, 0.5) is 0 Å². The Morgan fingerprint density at radius 3 is 0.833 bits per heavy atom. The van der Waals surface area contributed by atoms with Crippen molar-refractivity contribution in [3.8, 4) is 0 Å². The summed E-state index contributed by atoms with van der Waals surface area (Å²) in [5.74, 6) is 0. The molecule has 5 heteroatoms. The zero-order valence-electron chi connectivity index (χ0n) is 3.51. The van der Waals surface area contributed by atoms with Gasteiger partial charge in [0.25, 0.3) is 0 Å². The van der Waals surface area contributed by atoms with E-state index in [0.29, 0.717) is 0 Å². The monoisotopic (exact) mass is 481 g/mol. The van der Waals surface area contributed by atoms with Gasteiger partial charge in [0, 0.05) is 0 Å². The van der Waals surface area contributed by atoms with E-state index in [1.165, 1.54) is 7.05 Å². The van der Waals surface area contributed by atoms with Crippen LogP contribution in [-0.4, -0.2) is 34.3 Å². The van der Waals surface area contributed by atoms with Crippen molar-refractivity contribution in [2.45, 2.75) is 0 Å². The molecule has 0 aromatic carbocycles. The van der Waals surface area contributed by atoms with Crippen molar-refractivity contribution < 1.29 is 0 Å². The Kier molecular flexibility index (Phi) is 366. The predicted octanol–water partition coefficient (Wildman–Crippen LogP) is 0.392. The van der Waals surface area contributed by atoms with Crippen LogP contribution in [0.2, 0.25) is 0 Å². The van der Waals surface area contributed by atoms with Gasteiger partial charge in [-0.25, -0.2) is 0 Å². The van der Waals surface area contributed by atoms with Crippen molar-refractivity contribution in [1.82, 2.24) is 0 Å². The number of nitrogens with two attached hydrogens (primary N) is 1. The molecule has 0 spiro atoms. The van der Waals surface area contributed by atoms with Crippen molar-refractivity contribution in [1.29, 1.82) is 0 Å². The zero-order valence-corrected chi connectivity index (χ0v) is 14.1. The topological polar surface area (TPSA) is 26.0 Å². The molecule has 2 N–H and O–H groups in total. The molecular weight excluding hydrogens is 473 g/mol. The summed E-state index contributed by atoms with van der Waals surface area (Å²) < 4.78 is 0. The van der Waals surface area contributed by atoms with Crippen molar-refractivity contribution in [2.24, 2.45) is 5.73 Å². The van der Waals surface area contributed by atoms with Crippen LogP contribution in [0.3, 0.4) is 0 Å². The molecule has 6 heavy (non-hydrogen) atoms. The van der Waals surface area contributed by atoms with Gasteiger partial charge >= 0.3 is 27.3 Å². The fourth-order valence-electron chi connectivity index (χ4n) is 0. The first-order valence-electron chi connectivity index (χ1n) is 0.577. The number of rotatable bonds is 0. The molecule has 0 heterocycles. The molecule has 0 amide bonds. The second-order valence-corrected chi connectivity index (χ2v) is 0. The molecule has 44 valence electrons. The van der Waals surface area contributed by atoms with E-state index in [9.17, 15) is 0 Å². The van der Waals surface area contributed by atoms with Gasteiger partial charge in [0.2, 0.25) is 0 Å². The van der Waals surface area contributed by atoms with Crippen LogP contribution in [0, 0.1) is 0 Å². The summed E-state index contributed by atoms with van der Waals surface area (Å²) in [4.78, 5) is 0. The summed E-state index contributed by atoms with van der Waals surface area (Å²) in [6.45, 7) is 0. The SMILES string of the molecule is Br.Br.Br.CN.[PbH2]. The van der Waals surface area contributed by atoms with Crippen LogP contribution in [0.15, 0.2) is 0 Å². The van der Waals surface area contributed by atoms with E-state index in [1.807, 2.05) is 0 Å². The maximum atomic E-state index is 4.50. The fourth-order valence-corrected chi connectivity index (χ4v) is 0. The molecule has 0 aromatic heterocycles. The van der Waals surface area contributed by atoms with Crippen LogP contribution in [-0.2, 0) is 0 Å². The first-order chi connectivity index (χ1) is 1.00. The predicted molar refractivity (Wildman–Crippen MR) is 49.6 cm³/mol. The third kappa shape index (κ3) is 33.2. The number of hydrogen-bond donors (Lipinski definition) is 1. The molecule has 0 saturated heterocycles. The van der Waals surface area contributed by atoms with E-state index in [-0.39, 0.29) is 78.2 Å². The molecule has 0 aromatic rings. The van der Waals surface area contributed by atoms with E-state index < -0.39 is 0 Å². The first kappa shape index (κ1) is 40.4. The quantitative estimate of drug-likeness (QED) is 0.497. The Labute approximate surface area is 89.9 Å². The average Bonchev–Trinajstić information content (AvgIpc) is 1.00. The van der Waals surface area contributed by atoms with Crippen molar-refractivity contribution in [3.63, 3.8) is 0 Å². The third-order valence-electron chi connectivity index (χ3n) is 0. The summed E-state index contributed by atoms with van der Waals surface area (Å²) in [6, 6.07) is 0. The van der Waals surface area contributed by atoms with Gasteiger partial charge in [-0.05, 0) is 7.05 Å². The van der Waals surface area contributed by atoms with Crippen molar-refractivity contribution >= 4 is 78.2 Å².